The van der Waals surface area contributed by atoms with Crippen molar-refractivity contribution in [1.82, 2.24) is 5.43 Å². The largest absolute Gasteiger partial charge is 0.493 e. The zero-order chi connectivity index (χ0) is 20.5. The summed E-state index contributed by atoms with van der Waals surface area (Å²) in [5, 5.41) is 6.73. The molecule has 0 heterocycles. The standard InChI is InChI=1S/C20H20ClN3O4/c1-4-9-28-17-8-6-14(10-18(17)27-3)12-22-24-20(26)19(25)23-16-11-15(21)7-5-13(16)2/h4-8,10-12H,1,9H2,2-3H3,(H,23,25)(H,24,26)/b22-12-. The van der Waals surface area contributed by atoms with Crippen molar-refractivity contribution in [1.29, 1.82) is 0 Å². The van der Waals surface area contributed by atoms with Crippen molar-refractivity contribution in [2.45, 2.75) is 6.92 Å². The number of aryl methyl sites for hydroxylation is 1. The van der Waals surface area contributed by atoms with Crippen molar-refractivity contribution in [3.05, 3.63) is 65.2 Å². The highest BCUT2D eigenvalue weighted by atomic mass is 35.5. The number of hydrazone groups is 1. The lowest BCUT2D eigenvalue weighted by Gasteiger charge is -2.09. The second-order valence-electron chi connectivity index (χ2n) is 5.62. The van der Waals surface area contributed by atoms with Gasteiger partial charge in [-0.3, -0.25) is 9.59 Å². The molecule has 0 saturated carbocycles. The fourth-order valence-corrected chi connectivity index (χ4v) is 2.33. The van der Waals surface area contributed by atoms with Gasteiger partial charge < -0.3 is 14.8 Å². The number of amides is 2. The molecule has 28 heavy (non-hydrogen) atoms. The van der Waals surface area contributed by atoms with E-state index in [1.165, 1.54) is 13.3 Å². The lowest BCUT2D eigenvalue weighted by atomic mass is 10.2. The molecule has 0 radical (unpaired) electrons. The fraction of sp³-hybridized carbons (Fsp3) is 0.150. The van der Waals surface area contributed by atoms with Crippen LogP contribution in [0.5, 0.6) is 11.5 Å². The van der Waals surface area contributed by atoms with Crippen LogP contribution in [0.4, 0.5) is 5.69 Å². The van der Waals surface area contributed by atoms with Gasteiger partial charge in [0.25, 0.3) is 0 Å². The van der Waals surface area contributed by atoms with E-state index in [1.807, 2.05) is 0 Å². The first kappa shape index (κ1) is 21.0. The van der Waals surface area contributed by atoms with Gasteiger partial charge in [-0.1, -0.05) is 30.3 Å². The Labute approximate surface area is 168 Å². The molecular formula is C20H20ClN3O4. The number of halogens is 1. The molecule has 0 aliphatic heterocycles. The molecule has 0 aliphatic carbocycles. The maximum atomic E-state index is 12.0. The Bertz CT molecular complexity index is 912. The van der Waals surface area contributed by atoms with Gasteiger partial charge in [-0.25, -0.2) is 5.43 Å². The van der Waals surface area contributed by atoms with Gasteiger partial charge in [0.1, 0.15) is 6.61 Å². The van der Waals surface area contributed by atoms with E-state index >= 15 is 0 Å². The molecule has 2 aromatic rings. The second kappa shape index (κ2) is 10.1. The first-order chi connectivity index (χ1) is 13.4. The molecule has 146 valence electrons. The summed E-state index contributed by atoms with van der Waals surface area (Å²) >= 11 is 5.90. The minimum absolute atomic E-state index is 0.348. The van der Waals surface area contributed by atoms with E-state index in [-0.39, 0.29) is 0 Å². The molecule has 0 saturated heterocycles. The van der Waals surface area contributed by atoms with Crippen LogP contribution < -0.4 is 20.2 Å². The van der Waals surface area contributed by atoms with Crippen LogP contribution in [0.15, 0.2) is 54.2 Å². The maximum Gasteiger partial charge on any atom is 0.329 e. The van der Waals surface area contributed by atoms with Gasteiger partial charge in [-0.2, -0.15) is 5.10 Å². The van der Waals surface area contributed by atoms with Crippen LogP contribution in [0.3, 0.4) is 0 Å². The third kappa shape index (κ3) is 5.85. The van der Waals surface area contributed by atoms with Crippen LogP contribution in [0.2, 0.25) is 5.02 Å². The number of hydrogen-bond acceptors (Lipinski definition) is 5. The van der Waals surface area contributed by atoms with Gasteiger partial charge in [0.05, 0.1) is 13.3 Å². The Hall–Kier alpha value is -3.32. The van der Waals surface area contributed by atoms with Gasteiger partial charge in [0.15, 0.2) is 11.5 Å². The molecule has 0 unspecified atom stereocenters. The average molecular weight is 402 g/mol. The second-order valence-corrected chi connectivity index (χ2v) is 6.06. The number of hydrogen-bond donors (Lipinski definition) is 2. The molecule has 2 N–H and O–H groups in total. The maximum absolute atomic E-state index is 12.0. The first-order valence-corrected chi connectivity index (χ1v) is 8.64. The predicted molar refractivity (Wildman–Crippen MR) is 109 cm³/mol. The van der Waals surface area contributed by atoms with E-state index in [2.05, 4.69) is 22.4 Å². The van der Waals surface area contributed by atoms with E-state index in [0.717, 1.165) is 5.56 Å². The zero-order valence-electron chi connectivity index (χ0n) is 15.5. The molecule has 0 fully saturated rings. The molecule has 0 atom stereocenters. The lowest BCUT2D eigenvalue weighted by Crippen LogP contribution is -2.32. The van der Waals surface area contributed by atoms with Gasteiger partial charge in [0.2, 0.25) is 0 Å². The Balaban J connectivity index is 1.97. The van der Waals surface area contributed by atoms with Gasteiger partial charge in [0, 0.05) is 10.7 Å². The van der Waals surface area contributed by atoms with Gasteiger partial charge in [-0.15, -0.1) is 0 Å². The lowest BCUT2D eigenvalue weighted by molar-refractivity contribution is -0.136. The number of benzene rings is 2. The van der Waals surface area contributed by atoms with Crippen molar-refractivity contribution in [3.8, 4) is 11.5 Å². The Morgan fingerprint density at radius 3 is 2.68 bits per heavy atom. The minimum atomic E-state index is -0.909. The van der Waals surface area contributed by atoms with E-state index in [0.29, 0.717) is 34.4 Å². The summed E-state index contributed by atoms with van der Waals surface area (Å²) in [4.78, 5) is 23.9. The summed E-state index contributed by atoms with van der Waals surface area (Å²) in [5.41, 5.74) is 4.05. The number of carbonyl (C=O) groups excluding carboxylic acids is 2. The van der Waals surface area contributed by atoms with Crippen LogP contribution >= 0.6 is 11.6 Å². The number of methoxy groups -OCH3 is 1. The highest BCUT2D eigenvalue weighted by Gasteiger charge is 2.14. The molecule has 2 aromatic carbocycles. The van der Waals surface area contributed by atoms with Gasteiger partial charge >= 0.3 is 11.8 Å². The molecule has 2 amide bonds. The SMILES string of the molecule is C=CCOc1ccc(/C=N\NC(=O)C(=O)Nc2cc(Cl)ccc2C)cc1OC. The van der Waals surface area contributed by atoms with Crippen LogP contribution in [-0.2, 0) is 9.59 Å². The number of rotatable bonds is 7. The smallest absolute Gasteiger partial charge is 0.329 e. The number of nitrogens with one attached hydrogen (secondary N) is 2. The third-order valence-electron chi connectivity index (χ3n) is 3.58. The predicted octanol–water partition coefficient (Wildman–Crippen LogP) is 3.31. The van der Waals surface area contributed by atoms with Crippen LogP contribution in [0, 0.1) is 6.92 Å². The zero-order valence-corrected chi connectivity index (χ0v) is 16.2. The number of nitrogens with zero attached hydrogens (tertiary/aromatic N) is 1. The molecule has 0 aliphatic rings. The first-order valence-electron chi connectivity index (χ1n) is 8.27. The summed E-state index contributed by atoms with van der Waals surface area (Å²) in [6.45, 7) is 5.73. The fourth-order valence-electron chi connectivity index (χ4n) is 2.16. The van der Waals surface area contributed by atoms with Crippen molar-refractivity contribution in [2.75, 3.05) is 19.0 Å². The molecule has 2 rings (SSSR count). The molecule has 0 spiro atoms. The number of anilines is 1. The highest BCUT2D eigenvalue weighted by Crippen LogP contribution is 2.27. The van der Waals surface area contributed by atoms with Crippen molar-refractivity contribution in [2.24, 2.45) is 5.10 Å². The van der Waals surface area contributed by atoms with Crippen LogP contribution in [0.1, 0.15) is 11.1 Å². The third-order valence-corrected chi connectivity index (χ3v) is 3.81. The molecule has 7 nitrogen and oxygen atoms in total. The molecular weight excluding hydrogens is 382 g/mol. The summed E-state index contributed by atoms with van der Waals surface area (Å²) in [7, 11) is 1.51. The highest BCUT2D eigenvalue weighted by molar-refractivity contribution is 6.40. The van der Waals surface area contributed by atoms with E-state index in [9.17, 15) is 9.59 Å². The summed E-state index contributed by atoms with van der Waals surface area (Å²) in [6.07, 6.45) is 3.01. The van der Waals surface area contributed by atoms with Crippen LogP contribution in [0.25, 0.3) is 0 Å². The molecule has 8 heteroatoms. The summed E-state index contributed by atoms with van der Waals surface area (Å²) < 4.78 is 10.7. The summed E-state index contributed by atoms with van der Waals surface area (Å²) in [6, 6.07) is 10.1. The van der Waals surface area contributed by atoms with E-state index in [4.69, 9.17) is 21.1 Å². The Kier molecular flexibility index (Phi) is 7.59. The number of carbonyl (C=O) groups is 2. The van der Waals surface area contributed by atoms with Crippen molar-refractivity contribution < 1.29 is 19.1 Å². The Morgan fingerprint density at radius 2 is 1.96 bits per heavy atom. The van der Waals surface area contributed by atoms with Crippen molar-refractivity contribution >= 4 is 35.3 Å². The summed E-state index contributed by atoms with van der Waals surface area (Å²) in [5.74, 6) is -0.701. The van der Waals surface area contributed by atoms with E-state index in [1.54, 1.807) is 49.4 Å². The van der Waals surface area contributed by atoms with E-state index < -0.39 is 11.8 Å². The van der Waals surface area contributed by atoms with Crippen LogP contribution in [-0.4, -0.2) is 31.7 Å². The average Bonchev–Trinajstić information content (AvgIpc) is 2.69. The monoisotopic (exact) mass is 401 g/mol. The normalized spacial score (nSPS) is 10.4. The quantitative estimate of drug-likeness (QED) is 0.322. The topological polar surface area (TPSA) is 89.0 Å². The minimum Gasteiger partial charge on any atom is -0.493 e. The number of ether oxygens (including phenoxy) is 2. The van der Waals surface area contributed by atoms with Crippen molar-refractivity contribution in [3.63, 3.8) is 0 Å². The molecule has 0 aromatic heterocycles. The molecule has 0 bridgehead atoms. The van der Waals surface area contributed by atoms with Gasteiger partial charge in [-0.05, 0) is 48.4 Å². The Morgan fingerprint density at radius 1 is 1.18 bits per heavy atom.